The van der Waals surface area contributed by atoms with E-state index in [4.69, 9.17) is 32.9 Å². The average Bonchev–Trinajstić information content (AvgIpc) is 3.37. The van der Waals surface area contributed by atoms with Crippen molar-refractivity contribution in [1.29, 1.82) is 0 Å². The van der Waals surface area contributed by atoms with Crippen molar-refractivity contribution >= 4 is 38.9 Å². The molecule has 0 spiro atoms. The molecule has 1 amide bonds. The number of sulfone groups is 1. The van der Waals surface area contributed by atoms with Crippen LogP contribution < -0.4 is 20.7 Å². The van der Waals surface area contributed by atoms with Crippen LogP contribution in [0.25, 0.3) is 33.6 Å². The SMILES string of the molecule is COc1nc(-c2cccc(-c3ccnc(-c4ccc5c(c4)S(=O)(=O)CCNC5)c3Cl)c2Cl)ccc1CNC[C@@H]1CCC(=O)N1. The minimum Gasteiger partial charge on any atom is -0.481 e. The van der Waals surface area contributed by atoms with Gasteiger partial charge in [-0.25, -0.2) is 13.4 Å². The van der Waals surface area contributed by atoms with E-state index in [0.717, 1.165) is 17.5 Å². The summed E-state index contributed by atoms with van der Waals surface area (Å²) in [5.41, 5.74) is 5.37. The quantitative estimate of drug-likeness (QED) is 0.242. The van der Waals surface area contributed by atoms with Crippen molar-refractivity contribution in [2.24, 2.45) is 0 Å². The Bertz CT molecular complexity index is 1850. The number of amides is 1. The third-order valence-corrected chi connectivity index (χ3v) is 10.5. The summed E-state index contributed by atoms with van der Waals surface area (Å²) in [6.07, 6.45) is 3.03. The zero-order valence-corrected chi connectivity index (χ0v) is 26.3. The summed E-state index contributed by atoms with van der Waals surface area (Å²) < 4.78 is 31.4. The summed E-state index contributed by atoms with van der Waals surface area (Å²) in [4.78, 5) is 21.0. The van der Waals surface area contributed by atoms with Crippen molar-refractivity contribution in [1.82, 2.24) is 25.9 Å². The Labute approximate surface area is 266 Å². The number of fused-ring (bicyclic) bond motifs is 1. The third kappa shape index (κ3) is 6.18. The number of nitrogens with zero attached hydrogens (tertiary/aromatic N) is 2. The second-order valence-electron chi connectivity index (χ2n) is 10.8. The van der Waals surface area contributed by atoms with E-state index in [1.54, 1.807) is 25.4 Å². The topological polar surface area (TPSA) is 122 Å². The van der Waals surface area contributed by atoms with Gasteiger partial charge in [-0.15, -0.1) is 0 Å². The van der Waals surface area contributed by atoms with Crippen LogP contribution in [-0.4, -0.2) is 56.3 Å². The zero-order chi connectivity index (χ0) is 30.8. The van der Waals surface area contributed by atoms with Crippen LogP contribution in [0.5, 0.6) is 5.88 Å². The zero-order valence-electron chi connectivity index (χ0n) is 24.0. The largest absolute Gasteiger partial charge is 0.481 e. The number of methoxy groups -OCH3 is 1. The van der Waals surface area contributed by atoms with Gasteiger partial charge in [0.05, 0.1) is 39.2 Å². The number of aromatic nitrogens is 2. The minimum atomic E-state index is -3.44. The van der Waals surface area contributed by atoms with Gasteiger partial charge in [-0.05, 0) is 30.2 Å². The highest BCUT2D eigenvalue weighted by Crippen LogP contribution is 2.42. The first-order chi connectivity index (χ1) is 21.2. The fourth-order valence-corrected chi connectivity index (χ4v) is 7.74. The van der Waals surface area contributed by atoms with Gasteiger partial charge in [0.2, 0.25) is 11.8 Å². The Morgan fingerprint density at radius 2 is 1.86 bits per heavy atom. The molecule has 2 aliphatic heterocycles. The molecule has 1 fully saturated rings. The predicted octanol–water partition coefficient (Wildman–Crippen LogP) is 5.04. The molecule has 4 heterocycles. The molecule has 1 saturated heterocycles. The third-order valence-electron chi connectivity index (χ3n) is 7.92. The Hall–Kier alpha value is -3.54. The van der Waals surface area contributed by atoms with Crippen molar-refractivity contribution in [3.63, 3.8) is 0 Å². The molecule has 2 aromatic heterocycles. The van der Waals surface area contributed by atoms with Gasteiger partial charge in [-0.1, -0.05) is 59.6 Å². The van der Waals surface area contributed by atoms with E-state index in [1.807, 2.05) is 42.5 Å². The monoisotopic (exact) mass is 651 g/mol. The van der Waals surface area contributed by atoms with E-state index in [9.17, 15) is 13.2 Å². The summed E-state index contributed by atoms with van der Waals surface area (Å²) in [5.74, 6) is 0.597. The number of nitrogens with one attached hydrogen (secondary N) is 3. The van der Waals surface area contributed by atoms with Crippen molar-refractivity contribution in [2.75, 3.05) is 26.0 Å². The van der Waals surface area contributed by atoms with Gasteiger partial charge in [-0.3, -0.25) is 9.78 Å². The maximum absolute atomic E-state index is 12.9. The molecule has 44 heavy (non-hydrogen) atoms. The van der Waals surface area contributed by atoms with Crippen LogP contribution in [-0.2, 0) is 27.7 Å². The summed E-state index contributed by atoms with van der Waals surface area (Å²) in [6.45, 7) is 2.08. The van der Waals surface area contributed by atoms with E-state index < -0.39 is 9.84 Å². The molecule has 6 rings (SSSR count). The number of hydrogen-bond acceptors (Lipinski definition) is 8. The molecule has 4 aromatic rings. The molecule has 228 valence electrons. The van der Waals surface area contributed by atoms with Crippen molar-refractivity contribution in [2.45, 2.75) is 36.9 Å². The molecule has 12 heteroatoms. The van der Waals surface area contributed by atoms with E-state index in [-0.39, 0.29) is 17.7 Å². The standard InChI is InChI=1S/C32H31Cl2N5O4S/c1-43-32-21(17-36-18-22-8-10-28(40)38-22)7-9-26(39-32)25-4-2-3-23(29(25)33)24-11-12-37-31(30(24)34)19-5-6-20-16-35-13-14-44(41,42)27(20)15-19/h2-7,9,11-12,15,22,35-36H,8,10,13-14,16-18H2,1H3,(H,38,40)/t22-/m0/s1. The first-order valence-corrected chi connectivity index (χ1v) is 16.7. The minimum absolute atomic E-state index is 0.0312. The molecule has 9 nitrogen and oxygen atoms in total. The molecule has 0 unspecified atom stereocenters. The lowest BCUT2D eigenvalue weighted by Gasteiger charge is -2.16. The van der Waals surface area contributed by atoms with Crippen molar-refractivity contribution in [3.8, 4) is 39.5 Å². The molecule has 0 saturated carbocycles. The summed E-state index contributed by atoms with van der Waals surface area (Å²) in [7, 11) is -1.86. The number of ether oxygens (including phenoxy) is 1. The van der Waals surface area contributed by atoms with Crippen LogP contribution >= 0.6 is 23.2 Å². The summed E-state index contributed by atoms with van der Waals surface area (Å²) >= 11 is 14.0. The van der Waals surface area contributed by atoms with E-state index in [0.29, 0.717) is 87.1 Å². The summed E-state index contributed by atoms with van der Waals surface area (Å²) in [6, 6.07) is 16.7. The molecule has 0 radical (unpaired) electrons. The van der Waals surface area contributed by atoms with Crippen LogP contribution in [0.1, 0.15) is 24.0 Å². The molecule has 1 atom stereocenters. The number of carbonyl (C=O) groups excluding carboxylic acids is 1. The molecule has 0 bridgehead atoms. The Morgan fingerprint density at radius 3 is 2.66 bits per heavy atom. The first kappa shape index (κ1) is 30.5. The summed E-state index contributed by atoms with van der Waals surface area (Å²) in [5, 5.41) is 10.3. The molecular weight excluding hydrogens is 621 g/mol. The van der Waals surface area contributed by atoms with Crippen LogP contribution in [0.15, 0.2) is 65.7 Å². The van der Waals surface area contributed by atoms with Gasteiger partial charge < -0.3 is 20.7 Å². The van der Waals surface area contributed by atoms with Gasteiger partial charge in [0.1, 0.15) is 0 Å². The normalized spacial score (nSPS) is 17.5. The molecule has 2 aromatic carbocycles. The number of benzene rings is 2. The second-order valence-corrected chi connectivity index (χ2v) is 13.6. The number of hydrogen-bond donors (Lipinski definition) is 3. The lowest BCUT2D eigenvalue weighted by atomic mass is 9.99. The smallest absolute Gasteiger partial charge is 0.220 e. The number of carbonyl (C=O) groups is 1. The Kier molecular flexibility index (Phi) is 8.89. The lowest BCUT2D eigenvalue weighted by Crippen LogP contribution is -2.35. The van der Waals surface area contributed by atoms with Crippen LogP contribution in [0.3, 0.4) is 0 Å². The van der Waals surface area contributed by atoms with Crippen LogP contribution in [0.4, 0.5) is 0 Å². The highest BCUT2D eigenvalue weighted by molar-refractivity contribution is 7.91. The lowest BCUT2D eigenvalue weighted by molar-refractivity contribution is -0.119. The molecule has 3 N–H and O–H groups in total. The Balaban J connectivity index is 1.29. The second kappa shape index (κ2) is 12.8. The van der Waals surface area contributed by atoms with Gasteiger partial charge in [0.15, 0.2) is 9.84 Å². The fourth-order valence-electron chi connectivity index (χ4n) is 5.61. The van der Waals surface area contributed by atoms with E-state index in [2.05, 4.69) is 20.9 Å². The van der Waals surface area contributed by atoms with Gasteiger partial charge in [-0.2, -0.15) is 0 Å². The van der Waals surface area contributed by atoms with Gasteiger partial charge in [0, 0.05) is 72.7 Å². The maximum atomic E-state index is 12.9. The van der Waals surface area contributed by atoms with Crippen molar-refractivity contribution in [3.05, 3.63) is 82.0 Å². The first-order valence-electron chi connectivity index (χ1n) is 14.3. The Morgan fingerprint density at radius 1 is 1.05 bits per heavy atom. The fraction of sp³-hybridized carbons (Fsp3) is 0.281. The van der Waals surface area contributed by atoms with Crippen LogP contribution in [0, 0.1) is 0 Å². The van der Waals surface area contributed by atoms with E-state index in [1.165, 1.54) is 0 Å². The van der Waals surface area contributed by atoms with Gasteiger partial charge in [0.25, 0.3) is 0 Å². The number of pyridine rings is 2. The molecule has 0 aliphatic carbocycles. The van der Waals surface area contributed by atoms with Crippen LogP contribution in [0.2, 0.25) is 10.0 Å². The van der Waals surface area contributed by atoms with Crippen molar-refractivity contribution < 1.29 is 17.9 Å². The number of rotatable bonds is 8. The molecule has 2 aliphatic rings. The average molecular weight is 653 g/mol. The van der Waals surface area contributed by atoms with Gasteiger partial charge >= 0.3 is 0 Å². The van der Waals surface area contributed by atoms with E-state index >= 15 is 0 Å². The highest BCUT2D eigenvalue weighted by atomic mass is 35.5. The molecular formula is C32H31Cl2N5O4S. The highest BCUT2D eigenvalue weighted by Gasteiger charge is 2.24. The maximum Gasteiger partial charge on any atom is 0.220 e. The predicted molar refractivity (Wildman–Crippen MR) is 172 cm³/mol. The number of halogens is 2.